The molecule has 0 aliphatic carbocycles. The summed E-state index contributed by atoms with van der Waals surface area (Å²) in [7, 11) is 0. The molecule has 4 nitrogen and oxygen atoms in total. The molecular weight excluding hydrogens is 237 g/mol. The third-order valence-electron chi connectivity index (χ3n) is 2.97. The second-order valence-electron chi connectivity index (χ2n) is 4.42. The SMILES string of the molecule is CCC(CO)(CO)NC(=O)c1cc(C)cc(F)c1. The molecule has 3 N–H and O–H groups in total. The van der Waals surface area contributed by atoms with Gasteiger partial charge < -0.3 is 15.5 Å². The summed E-state index contributed by atoms with van der Waals surface area (Å²) in [5.41, 5.74) is -0.264. The van der Waals surface area contributed by atoms with Gasteiger partial charge in [0, 0.05) is 5.56 Å². The normalized spacial score (nSPS) is 11.4. The van der Waals surface area contributed by atoms with Crippen LogP contribution in [0.3, 0.4) is 0 Å². The maximum absolute atomic E-state index is 13.2. The van der Waals surface area contributed by atoms with Crippen molar-refractivity contribution >= 4 is 5.91 Å². The highest BCUT2D eigenvalue weighted by Crippen LogP contribution is 2.13. The summed E-state index contributed by atoms with van der Waals surface area (Å²) in [6.45, 7) is 2.68. The van der Waals surface area contributed by atoms with Crippen LogP contribution in [-0.4, -0.2) is 34.9 Å². The van der Waals surface area contributed by atoms with Gasteiger partial charge in [-0.25, -0.2) is 4.39 Å². The van der Waals surface area contributed by atoms with Gasteiger partial charge in [-0.1, -0.05) is 6.92 Å². The van der Waals surface area contributed by atoms with Gasteiger partial charge in [-0.05, 0) is 37.1 Å². The minimum Gasteiger partial charge on any atom is -0.394 e. The van der Waals surface area contributed by atoms with Crippen LogP contribution in [0.15, 0.2) is 18.2 Å². The average molecular weight is 255 g/mol. The molecule has 1 rings (SSSR count). The molecule has 0 heterocycles. The third-order valence-corrected chi connectivity index (χ3v) is 2.97. The maximum Gasteiger partial charge on any atom is 0.251 e. The minimum absolute atomic E-state index is 0.173. The molecule has 100 valence electrons. The molecule has 0 radical (unpaired) electrons. The van der Waals surface area contributed by atoms with Crippen LogP contribution in [0.4, 0.5) is 4.39 Å². The molecule has 0 unspecified atom stereocenters. The Balaban J connectivity index is 2.94. The average Bonchev–Trinajstić information content (AvgIpc) is 2.35. The number of aliphatic hydroxyl groups is 2. The van der Waals surface area contributed by atoms with Crippen molar-refractivity contribution in [3.05, 3.63) is 35.1 Å². The van der Waals surface area contributed by atoms with E-state index >= 15 is 0 Å². The summed E-state index contributed by atoms with van der Waals surface area (Å²) >= 11 is 0. The fourth-order valence-corrected chi connectivity index (χ4v) is 1.62. The number of carbonyl (C=O) groups excluding carboxylic acids is 1. The van der Waals surface area contributed by atoms with E-state index in [1.165, 1.54) is 6.07 Å². The van der Waals surface area contributed by atoms with E-state index in [-0.39, 0.29) is 18.8 Å². The lowest BCUT2D eigenvalue weighted by Crippen LogP contribution is -2.53. The Morgan fingerprint density at radius 1 is 1.33 bits per heavy atom. The van der Waals surface area contributed by atoms with Gasteiger partial charge in [-0.15, -0.1) is 0 Å². The van der Waals surface area contributed by atoms with Gasteiger partial charge in [0.25, 0.3) is 5.91 Å². The largest absolute Gasteiger partial charge is 0.394 e. The molecule has 0 atom stereocenters. The van der Waals surface area contributed by atoms with Crippen LogP contribution in [0.2, 0.25) is 0 Å². The molecule has 0 aliphatic heterocycles. The van der Waals surface area contributed by atoms with Crippen molar-refractivity contribution in [2.75, 3.05) is 13.2 Å². The first kappa shape index (κ1) is 14.6. The Morgan fingerprint density at radius 2 is 1.94 bits per heavy atom. The third kappa shape index (κ3) is 3.27. The Kier molecular flexibility index (Phi) is 4.81. The van der Waals surface area contributed by atoms with Gasteiger partial charge in [0.2, 0.25) is 0 Å². The fourth-order valence-electron chi connectivity index (χ4n) is 1.62. The van der Waals surface area contributed by atoms with Gasteiger partial charge in [0.1, 0.15) is 5.82 Å². The zero-order valence-electron chi connectivity index (χ0n) is 10.5. The number of rotatable bonds is 5. The Hall–Kier alpha value is -1.46. The molecule has 0 fully saturated rings. The van der Waals surface area contributed by atoms with E-state index in [0.29, 0.717) is 12.0 Å². The summed E-state index contributed by atoms with van der Waals surface area (Å²) < 4.78 is 13.2. The van der Waals surface area contributed by atoms with Crippen molar-refractivity contribution < 1.29 is 19.4 Å². The van der Waals surface area contributed by atoms with E-state index in [9.17, 15) is 19.4 Å². The van der Waals surface area contributed by atoms with Crippen molar-refractivity contribution in [2.24, 2.45) is 0 Å². The minimum atomic E-state index is -1.07. The molecular formula is C13H18FNO3. The van der Waals surface area contributed by atoms with Gasteiger partial charge in [-0.3, -0.25) is 4.79 Å². The molecule has 1 amide bonds. The first-order chi connectivity index (χ1) is 8.46. The molecule has 1 aromatic rings. The van der Waals surface area contributed by atoms with Gasteiger partial charge in [0.05, 0.1) is 18.8 Å². The number of nitrogens with one attached hydrogen (secondary N) is 1. The number of aliphatic hydroxyl groups excluding tert-OH is 2. The van der Waals surface area contributed by atoms with Crippen LogP contribution in [0.25, 0.3) is 0 Å². The molecule has 18 heavy (non-hydrogen) atoms. The predicted molar refractivity (Wildman–Crippen MR) is 65.8 cm³/mol. The van der Waals surface area contributed by atoms with E-state index in [2.05, 4.69) is 5.32 Å². The smallest absolute Gasteiger partial charge is 0.251 e. The molecule has 0 aliphatic rings. The van der Waals surface area contributed by atoms with Crippen molar-refractivity contribution in [1.29, 1.82) is 0 Å². The lowest BCUT2D eigenvalue weighted by molar-refractivity contribution is 0.0652. The number of benzene rings is 1. The highest BCUT2D eigenvalue weighted by atomic mass is 19.1. The fraction of sp³-hybridized carbons (Fsp3) is 0.462. The van der Waals surface area contributed by atoms with E-state index in [1.54, 1.807) is 19.9 Å². The Labute approximate surface area is 105 Å². The number of hydrogen-bond donors (Lipinski definition) is 3. The molecule has 0 saturated carbocycles. The summed E-state index contributed by atoms with van der Waals surface area (Å²) in [5, 5.41) is 21.0. The molecule has 0 saturated heterocycles. The van der Waals surface area contributed by atoms with E-state index < -0.39 is 17.3 Å². The summed E-state index contributed by atoms with van der Waals surface area (Å²) in [6, 6.07) is 3.99. The second-order valence-corrected chi connectivity index (χ2v) is 4.42. The number of hydrogen-bond acceptors (Lipinski definition) is 3. The van der Waals surface area contributed by atoms with Crippen molar-refractivity contribution in [2.45, 2.75) is 25.8 Å². The molecule has 0 bridgehead atoms. The van der Waals surface area contributed by atoms with Crippen LogP contribution in [0.1, 0.15) is 29.3 Å². The summed E-state index contributed by atoms with van der Waals surface area (Å²) in [6.07, 6.45) is 0.375. The topological polar surface area (TPSA) is 69.6 Å². The summed E-state index contributed by atoms with van der Waals surface area (Å²) in [4.78, 5) is 11.9. The van der Waals surface area contributed by atoms with Crippen LogP contribution in [0, 0.1) is 12.7 Å². The lowest BCUT2D eigenvalue weighted by Gasteiger charge is -2.29. The van der Waals surface area contributed by atoms with Crippen LogP contribution in [0.5, 0.6) is 0 Å². The zero-order chi connectivity index (χ0) is 13.8. The van der Waals surface area contributed by atoms with Gasteiger partial charge in [-0.2, -0.15) is 0 Å². The van der Waals surface area contributed by atoms with Gasteiger partial charge >= 0.3 is 0 Å². The van der Waals surface area contributed by atoms with E-state index in [1.807, 2.05) is 0 Å². The molecule has 5 heteroatoms. The highest BCUT2D eigenvalue weighted by Gasteiger charge is 2.29. The Morgan fingerprint density at radius 3 is 2.39 bits per heavy atom. The standard InChI is InChI=1S/C13H18FNO3/c1-3-13(7-16,8-17)15-12(18)10-4-9(2)5-11(14)6-10/h4-6,16-17H,3,7-8H2,1-2H3,(H,15,18). The quantitative estimate of drug-likeness (QED) is 0.735. The number of carbonyl (C=O) groups is 1. The van der Waals surface area contributed by atoms with Crippen LogP contribution in [-0.2, 0) is 0 Å². The van der Waals surface area contributed by atoms with Gasteiger partial charge in [0.15, 0.2) is 0 Å². The van der Waals surface area contributed by atoms with Crippen molar-refractivity contribution in [3.8, 4) is 0 Å². The predicted octanol–water partition coefficient (Wildman–Crippen LogP) is 0.997. The number of amides is 1. The maximum atomic E-state index is 13.2. The van der Waals surface area contributed by atoms with Crippen LogP contribution >= 0.6 is 0 Å². The molecule has 1 aromatic carbocycles. The highest BCUT2D eigenvalue weighted by molar-refractivity contribution is 5.94. The molecule has 0 aromatic heterocycles. The van der Waals surface area contributed by atoms with Crippen LogP contribution < -0.4 is 5.32 Å². The summed E-state index contributed by atoms with van der Waals surface area (Å²) in [5.74, 6) is -1.00. The first-order valence-electron chi connectivity index (χ1n) is 5.78. The number of aryl methyl sites for hydroxylation is 1. The lowest BCUT2D eigenvalue weighted by atomic mass is 9.97. The van der Waals surface area contributed by atoms with Crippen molar-refractivity contribution in [3.63, 3.8) is 0 Å². The molecule has 0 spiro atoms. The van der Waals surface area contributed by atoms with E-state index in [0.717, 1.165) is 6.07 Å². The Bertz CT molecular complexity index is 402. The zero-order valence-corrected chi connectivity index (χ0v) is 10.5. The monoisotopic (exact) mass is 255 g/mol. The first-order valence-corrected chi connectivity index (χ1v) is 5.78. The second kappa shape index (κ2) is 5.93. The van der Waals surface area contributed by atoms with E-state index in [4.69, 9.17) is 0 Å². The van der Waals surface area contributed by atoms with Crippen molar-refractivity contribution in [1.82, 2.24) is 5.32 Å². The number of halogens is 1.